The second kappa shape index (κ2) is 59.3. The Balaban J connectivity index is -0.000000589. The number of nitrogens with zero attached hydrogens (tertiary/aromatic N) is 7. The number of amides is 2. The van der Waals surface area contributed by atoms with Gasteiger partial charge in [0.1, 0.15) is 0 Å². The van der Waals surface area contributed by atoms with Gasteiger partial charge in [-0.1, -0.05) is 37.1 Å². The maximum absolute atomic E-state index is 12.5. The van der Waals surface area contributed by atoms with Crippen LogP contribution in [0.25, 0.3) is 0 Å². The van der Waals surface area contributed by atoms with Crippen LogP contribution in [0.15, 0.2) is 91.6 Å². The molecule has 0 aliphatic carbocycles. The van der Waals surface area contributed by atoms with Crippen LogP contribution in [0.5, 0.6) is 0 Å². The molecule has 2 aliphatic rings. The number of pyridine rings is 5. The fourth-order valence-corrected chi connectivity index (χ4v) is 7.88. The van der Waals surface area contributed by atoms with Gasteiger partial charge in [0.15, 0.2) is 0 Å². The van der Waals surface area contributed by atoms with E-state index < -0.39 is 71.0 Å². The Morgan fingerprint density at radius 3 is 1.42 bits per heavy atom. The van der Waals surface area contributed by atoms with Crippen molar-refractivity contribution in [1.82, 2.24) is 56.8 Å². The Morgan fingerprint density at radius 2 is 0.962 bits per heavy atom. The Bertz CT molecular complexity index is 3520. The van der Waals surface area contributed by atoms with Crippen molar-refractivity contribution in [3.05, 3.63) is 102 Å². The summed E-state index contributed by atoms with van der Waals surface area (Å²) >= 11 is 0. The molecule has 5 aromatic heterocycles. The van der Waals surface area contributed by atoms with Crippen molar-refractivity contribution >= 4 is 142 Å². The number of rotatable bonds is 35. The average molecular weight is 1480 g/mol. The van der Waals surface area contributed by atoms with Gasteiger partial charge in [0, 0.05) is 0 Å². The van der Waals surface area contributed by atoms with Crippen molar-refractivity contribution in [2.45, 2.75) is 73.4 Å². The van der Waals surface area contributed by atoms with Crippen LogP contribution in [0.2, 0.25) is 0 Å². The van der Waals surface area contributed by atoms with E-state index in [9.17, 15) is 71.9 Å². The molecule has 0 aromatic carbocycles. The van der Waals surface area contributed by atoms with Crippen LogP contribution in [0, 0.1) is 10.1 Å². The van der Waals surface area contributed by atoms with Gasteiger partial charge in [-0.05, 0) is 0 Å². The molecule has 2 amide bonds. The predicted octanol–water partition coefficient (Wildman–Crippen LogP) is -2.64. The van der Waals surface area contributed by atoms with Crippen molar-refractivity contribution in [3.8, 4) is 0 Å². The zero-order valence-corrected chi connectivity index (χ0v) is 54.4. The van der Waals surface area contributed by atoms with Gasteiger partial charge in [-0.15, -0.1) is 0 Å². The predicted molar refractivity (Wildman–Crippen MR) is 399 cm³/mol. The Kier molecular flexibility index (Phi) is 56.7. The summed E-state index contributed by atoms with van der Waals surface area (Å²) < 4.78 is 70.3. The van der Waals surface area contributed by atoms with Gasteiger partial charge >= 0.3 is 581 Å². The summed E-state index contributed by atoms with van der Waals surface area (Å²) in [6.07, 6.45) is 7.88. The first-order valence-corrected chi connectivity index (χ1v) is 29.9. The van der Waals surface area contributed by atoms with Crippen LogP contribution < -0.4 is 85.9 Å². The summed E-state index contributed by atoms with van der Waals surface area (Å²) in [5, 5.41) is 69.8. The fraction of sp³-hybridized carbons (Fsp3) is 0.448. The fourth-order valence-electron chi connectivity index (χ4n) is 7.88. The normalized spacial score (nSPS) is 13.2. The number of methoxy groups -OCH3 is 2. The number of carboxylic acids is 3. The minimum absolute atomic E-state index is 0. The van der Waals surface area contributed by atoms with Gasteiger partial charge in [0.2, 0.25) is 0 Å². The molecule has 6 atom stereocenters. The molecule has 0 fully saturated rings. The van der Waals surface area contributed by atoms with Gasteiger partial charge < -0.3 is 0 Å². The van der Waals surface area contributed by atoms with Gasteiger partial charge in [0.05, 0.1) is 0 Å². The van der Waals surface area contributed by atoms with Crippen molar-refractivity contribution < 1.29 is 91.5 Å². The summed E-state index contributed by atoms with van der Waals surface area (Å²) in [4.78, 5) is 111. The SMILES string of the molecule is C.C.C.C.C.COC(=O)CN1C(=O)[C@@H](NCB=O)CNc2ncccc21.COC(=O)[C@H](CNc1ncccc1N)NCB=O.NC[C@H](NCB=O)C(=O)O.Nc1cccnc1NC[C@H](NCB=O)C(=O)O.O=BCN[C@@H](CNc1ncccc1[N+](=O)[O-])C(=O)O.O=BCN[C@H]1CNc2ncccc2NC1=O. The van der Waals surface area contributed by atoms with Gasteiger partial charge in [-0.25, -0.2) is 0 Å². The second-order valence-corrected chi connectivity index (χ2v) is 19.7. The van der Waals surface area contributed by atoms with Gasteiger partial charge in [-0.3, -0.25) is 0 Å². The summed E-state index contributed by atoms with van der Waals surface area (Å²) in [6, 6.07) is 11.9. The number of esters is 2. The molecular weight excluding hydrogens is 1390 g/mol. The van der Waals surface area contributed by atoms with Crippen molar-refractivity contribution in [2.24, 2.45) is 5.73 Å². The molecule has 574 valence electrons. The second-order valence-electron chi connectivity index (χ2n) is 19.7. The number of anilines is 9. The zero-order valence-electron chi connectivity index (χ0n) is 54.4. The zero-order chi connectivity index (χ0) is 74.9. The molecule has 21 N–H and O–H groups in total. The number of carbonyl (C=O) groups is 7. The number of aromatic nitrogens is 5. The number of ether oxygens (including phenoxy) is 2. The summed E-state index contributed by atoms with van der Waals surface area (Å²) in [5.74, 6) is -2.70. The number of aliphatic carboxylic acids is 3. The standard InChI is InChI=1S/C12H15BN4O4.C10H15BN4O3.C9H11BN4O5.C9H13BN4O3.C9H11BN4O2.C4H9BN2O3.5CH4/c1-21-10(18)6-17-9-3-2-4-14-11(9)15-5-8(12(17)19)16-7-13-20;1-18-10(16)8(15-6-11-17)5-14-9-7(12)3-2-4-13-9;15-9(16)6(13-5-10-17)4-12-8-7(14(18)19)2-1-3-11-8;11-6-2-1-3-12-8(6)13-4-7(9(15)16)14-5-10-17;15-9-7(13-5-10-16)4-12-8-6(14-9)2-1-3-11-8;6-1-3(4(8)9)7-2-5-10;;;;;/h2-4,8,16H,5-7H2,1H3,(H,14,15);2-4,8,15H,5-6,12H2,1H3,(H,13,14);1-3,6,13H,4-5H2,(H,11,12)(H,15,16);1-3,7,14H,4-5,11H2,(H,12,13)(H,15,16);1-3,7,13H,4-5H2,(H,11,12)(H,14,15);3,7H,1-2,6H2,(H,8,9);5*1H4/t2*8-;6-;2*7-;3-;;;;;/m000000...../s1. The molecule has 0 spiro atoms. The Morgan fingerprint density at radius 1 is 0.566 bits per heavy atom. The number of fused-ring (bicyclic) bond motifs is 2. The molecule has 42 nitrogen and oxygen atoms in total. The summed E-state index contributed by atoms with van der Waals surface area (Å²) in [6.45, 7) is 0.628. The quantitative estimate of drug-likeness (QED) is 0.00853. The Labute approximate surface area is 616 Å². The number of hydrogen-bond donors (Lipinski definition) is 18. The van der Waals surface area contributed by atoms with E-state index in [0.29, 0.717) is 88.3 Å². The van der Waals surface area contributed by atoms with Crippen LogP contribution >= 0.6 is 0 Å². The number of nitrogens with one attached hydrogen (secondary N) is 12. The molecule has 2 aliphatic heterocycles. The average Bonchev–Trinajstić information content (AvgIpc) is 1.64. The van der Waals surface area contributed by atoms with Crippen molar-refractivity contribution in [1.29, 1.82) is 0 Å². The molecule has 7 rings (SSSR count). The molecule has 0 saturated carbocycles. The molecule has 0 radical (unpaired) electrons. The van der Waals surface area contributed by atoms with Crippen molar-refractivity contribution in [2.75, 3.05) is 147 Å². The number of carboxylic acid groups (broad SMARTS) is 3. The number of nitrogens with two attached hydrogens (primary N) is 3. The molecular formula is C58H94B6N22O20. The third-order valence-corrected chi connectivity index (χ3v) is 12.9. The molecule has 5 aromatic rings. The van der Waals surface area contributed by atoms with E-state index in [2.05, 4.69) is 98.2 Å². The maximum atomic E-state index is 12.5. The molecule has 106 heavy (non-hydrogen) atoms. The molecule has 0 unspecified atom stereocenters. The molecule has 7 heterocycles. The van der Waals surface area contributed by atoms with Gasteiger partial charge in [0.25, 0.3) is 0 Å². The first-order valence-electron chi connectivity index (χ1n) is 29.9. The van der Waals surface area contributed by atoms with Crippen LogP contribution in [0.1, 0.15) is 37.1 Å². The van der Waals surface area contributed by atoms with E-state index in [-0.39, 0.29) is 138 Å². The number of carbonyl (C=O) groups excluding carboxylic acids is 4. The third-order valence-electron chi connectivity index (χ3n) is 12.9. The van der Waals surface area contributed by atoms with E-state index in [1.165, 1.54) is 37.4 Å². The van der Waals surface area contributed by atoms with E-state index in [1.54, 1.807) is 73.3 Å². The van der Waals surface area contributed by atoms with E-state index >= 15 is 0 Å². The van der Waals surface area contributed by atoms with Crippen molar-refractivity contribution in [3.63, 3.8) is 0 Å². The first-order chi connectivity index (χ1) is 48.6. The molecule has 0 saturated heterocycles. The molecule has 48 heteroatoms. The van der Waals surface area contributed by atoms with Gasteiger partial charge in [-0.2, -0.15) is 0 Å². The van der Waals surface area contributed by atoms with Crippen LogP contribution in [0.3, 0.4) is 0 Å². The van der Waals surface area contributed by atoms with Crippen LogP contribution in [-0.4, -0.2) is 265 Å². The van der Waals surface area contributed by atoms with E-state index in [1.807, 2.05) is 0 Å². The molecule has 0 bridgehead atoms. The van der Waals surface area contributed by atoms with Crippen LogP contribution in [-0.2, 0) is 71.3 Å². The number of nitro groups is 1. The summed E-state index contributed by atoms with van der Waals surface area (Å²) in [7, 11) is 6.33. The number of hydrogen-bond acceptors (Lipinski definition) is 36. The van der Waals surface area contributed by atoms with Crippen LogP contribution in [0.4, 0.5) is 57.5 Å². The Hall–Kier alpha value is -11.1. The number of nitrogen functional groups attached to an aromatic ring is 2. The van der Waals surface area contributed by atoms with E-state index in [0.717, 1.165) is 7.15 Å². The minimum atomic E-state index is -1.17. The van der Waals surface area contributed by atoms with E-state index in [4.69, 9.17) is 32.5 Å². The summed E-state index contributed by atoms with van der Waals surface area (Å²) in [5.41, 5.74) is 18.2. The first kappa shape index (κ1) is 101. The topological polar surface area (TPSA) is 634 Å². The third kappa shape index (κ3) is 38.5. The monoisotopic (exact) mass is 1480 g/mol.